The summed E-state index contributed by atoms with van der Waals surface area (Å²) in [5.74, 6) is -0.588. The third-order valence-corrected chi connectivity index (χ3v) is 1.63. The summed E-state index contributed by atoms with van der Waals surface area (Å²) >= 11 is 0. The van der Waals surface area contributed by atoms with Gasteiger partial charge in [0.05, 0.1) is 5.69 Å². The van der Waals surface area contributed by atoms with Crippen molar-refractivity contribution in [2.45, 2.75) is 13.3 Å². The molecular formula is C7H7F2N3O2. The topological polar surface area (TPSA) is 82.0 Å². The number of rotatable bonds is 2. The van der Waals surface area contributed by atoms with Crippen molar-refractivity contribution in [1.29, 1.82) is 0 Å². The molecule has 0 fully saturated rings. The molecule has 14 heavy (non-hydrogen) atoms. The molecule has 0 radical (unpaired) electrons. The van der Waals surface area contributed by atoms with Gasteiger partial charge in [-0.1, -0.05) is 0 Å². The van der Waals surface area contributed by atoms with E-state index in [1.54, 1.807) is 0 Å². The molecule has 0 unspecified atom stereocenters. The standard InChI is InChI=1S/C7H7F2N3O2/c1-3-2-4(10)5(6(8)9)11-7(3)12(13)14/h2,6H,10H2,1H3. The second-order valence-corrected chi connectivity index (χ2v) is 2.66. The average Bonchev–Trinajstić information content (AvgIpc) is 2.02. The van der Waals surface area contributed by atoms with E-state index in [0.717, 1.165) is 6.07 Å². The first-order chi connectivity index (χ1) is 6.43. The lowest BCUT2D eigenvalue weighted by Crippen LogP contribution is -2.04. The molecule has 0 aliphatic heterocycles. The van der Waals surface area contributed by atoms with E-state index in [0.29, 0.717) is 0 Å². The highest BCUT2D eigenvalue weighted by atomic mass is 19.3. The molecule has 0 bridgehead atoms. The highest BCUT2D eigenvalue weighted by Gasteiger charge is 2.24. The summed E-state index contributed by atoms with van der Waals surface area (Å²) in [6.45, 7) is 1.39. The summed E-state index contributed by atoms with van der Waals surface area (Å²) in [6.07, 6.45) is -2.91. The molecule has 76 valence electrons. The van der Waals surface area contributed by atoms with E-state index >= 15 is 0 Å². The van der Waals surface area contributed by atoms with Crippen molar-refractivity contribution < 1.29 is 13.7 Å². The normalized spacial score (nSPS) is 10.6. The van der Waals surface area contributed by atoms with Crippen molar-refractivity contribution in [1.82, 2.24) is 4.98 Å². The molecule has 2 N–H and O–H groups in total. The minimum atomic E-state index is -2.91. The van der Waals surface area contributed by atoms with Crippen LogP contribution in [0.1, 0.15) is 17.7 Å². The van der Waals surface area contributed by atoms with Crippen LogP contribution in [0, 0.1) is 17.0 Å². The van der Waals surface area contributed by atoms with Crippen LogP contribution in [0.25, 0.3) is 0 Å². The van der Waals surface area contributed by atoms with Gasteiger partial charge in [0.25, 0.3) is 0 Å². The molecule has 1 aromatic rings. The zero-order valence-corrected chi connectivity index (χ0v) is 7.20. The summed E-state index contributed by atoms with van der Waals surface area (Å²) in [5.41, 5.74) is 4.41. The third-order valence-electron chi connectivity index (χ3n) is 1.63. The van der Waals surface area contributed by atoms with Crippen molar-refractivity contribution in [2.24, 2.45) is 0 Å². The number of nitrogens with two attached hydrogens (primary N) is 1. The Balaban J connectivity index is 3.34. The lowest BCUT2D eigenvalue weighted by atomic mass is 10.2. The number of hydrogen-bond donors (Lipinski definition) is 1. The molecule has 0 atom stereocenters. The van der Waals surface area contributed by atoms with E-state index in [9.17, 15) is 18.9 Å². The summed E-state index contributed by atoms with van der Waals surface area (Å²) < 4.78 is 24.5. The number of nitrogens with zero attached hydrogens (tertiary/aromatic N) is 2. The van der Waals surface area contributed by atoms with Crippen LogP contribution >= 0.6 is 0 Å². The molecule has 5 nitrogen and oxygen atoms in total. The molecule has 1 heterocycles. The fourth-order valence-electron chi connectivity index (χ4n) is 0.998. The number of pyridine rings is 1. The van der Waals surface area contributed by atoms with Crippen LogP contribution in [-0.2, 0) is 0 Å². The van der Waals surface area contributed by atoms with Crippen LogP contribution in [0.5, 0.6) is 0 Å². The maximum absolute atomic E-state index is 12.2. The maximum atomic E-state index is 12.2. The molecule has 0 aliphatic carbocycles. The fraction of sp³-hybridized carbons (Fsp3) is 0.286. The van der Waals surface area contributed by atoms with E-state index in [4.69, 9.17) is 5.73 Å². The van der Waals surface area contributed by atoms with Crippen molar-refractivity contribution in [3.8, 4) is 0 Å². The minimum absolute atomic E-state index is 0.164. The molecule has 0 saturated heterocycles. The molecule has 0 amide bonds. The van der Waals surface area contributed by atoms with Crippen molar-refractivity contribution in [3.05, 3.63) is 27.4 Å². The zero-order chi connectivity index (χ0) is 10.9. The van der Waals surface area contributed by atoms with Crippen LogP contribution < -0.4 is 5.73 Å². The van der Waals surface area contributed by atoms with Crippen molar-refractivity contribution >= 4 is 11.5 Å². The van der Waals surface area contributed by atoms with Gasteiger partial charge >= 0.3 is 12.2 Å². The Morgan fingerprint density at radius 2 is 2.21 bits per heavy atom. The zero-order valence-electron chi connectivity index (χ0n) is 7.20. The lowest BCUT2D eigenvalue weighted by molar-refractivity contribution is -0.390. The summed E-state index contributed by atoms with van der Waals surface area (Å²) in [6, 6.07) is 1.12. The molecule has 0 aromatic carbocycles. The van der Waals surface area contributed by atoms with Crippen LogP contribution in [0.4, 0.5) is 20.3 Å². The monoisotopic (exact) mass is 203 g/mol. The highest BCUT2D eigenvalue weighted by Crippen LogP contribution is 2.27. The molecule has 0 spiro atoms. The van der Waals surface area contributed by atoms with Gasteiger partial charge in [-0.05, 0) is 22.9 Å². The number of anilines is 1. The average molecular weight is 203 g/mol. The minimum Gasteiger partial charge on any atom is -0.395 e. The number of aryl methyl sites for hydroxylation is 1. The molecule has 1 aromatic heterocycles. The van der Waals surface area contributed by atoms with Crippen molar-refractivity contribution in [2.75, 3.05) is 5.73 Å². The van der Waals surface area contributed by atoms with Crippen LogP contribution in [0.15, 0.2) is 6.07 Å². The number of alkyl halides is 2. The first-order valence-corrected chi connectivity index (χ1v) is 3.63. The van der Waals surface area contributed by atoms with Crippen molar-refractivity contribution in [3.63, 3.8) is 0 Å². The summed E-state index contributed by atoms with van der Waals surface area (Å²) in [5, 5.41) is 10.4. The summed E-state index contributed by atoms with van der Waals surface area (Å²) in [7, 11) is 0. The van der Waals surface area contributed by atoms with E-state index in [1.807, 2.05) is 0 Å². The predicted octanol–water partition coefficient (Wildman–Crippen LogP) is 1.82. The Bertz CT molecular complexity index is 381. The quantitative estimate of drug-likeness (QED) is 0.587. The van der Waals surface area contributed by atoms with Gasteiger partial charge < -0.3 is 15.8 Å². The smallest absolute Gasteiger partial charge is 0.366 e. The lowest BCUT2D eigenvalue weighted by Gasteiger charge is -2.02. The molecule has 7 heteroatoms. The van der Waals surface area contributed by atoms with Gasteiger partial charge in [0.1, 0.15) is 0 Å². The van der Waals surface area contributed by atoms with Gasteiger partial charge in [-0.15, -0.1) is 0 Å². The Morgan fingerprint density at radius 3 is 2.64 bits per heavy atom. The number of hydrogen-bond acceptors (Lipinski definition) is 4. The Hall–Kier alpha value is -1.79. The molecule has 0 aliphatic rings. The second-order valence-electron chi connectivity index (χ2n) is 2.66. The molecule has 1 rings (SSSR count). The van der Waals surface area contributed by atoms with E-state index in [-0.39, 0.29) is 11.3 Å². The second kappa shape index (κ2) is 3.52. The van der Waals surface area contributed by atoms with Gasteiger partial charge in [-0.2, -0.15) is 0 Å². The number of aromatic nitrogens is 1. The Labute approximate surface area is 77.7 Å². The van der Waals surface area contributed by atoms with Crippen LogP contribution in [0.2, 0.25) is 0 Å². The number of halogens is 2. The number of nitrogen functional groups attached to an aromatic ring is 1. The van der Waals surface area contributed by atoms with Gasteiger partial charge in [0.2, 0.25) is 5.69 Å². The van der Waals surface area contributed by atoms with Gasteiger partial charge in [0, 0.05) is 5.56 Å². The SMILES string of the molecule is Cc1cc(N)c(C(F)F)nc1[N+](=O)[O-]. The molecular weight excluding hydrogens is 196 g/mol. The van der Waals surface area contributed by atoms with E-state index in [1.165, 1.54) is 6.92 Å². The van der Waals surface area contributed by atoms with Gasteiger partial charge in [-0.3, -0.25) is 0 Å². The highest BCUT2D eigenvalue weighted by molar-refractivity contribution is 5.50. The van der Waals surface area contributed by atoms with Gasteiger partial charge in [-0.25, -0.2) is 8.78 Å². The number of nitro groups is 1. The van der Waals surface area contributed by atoms with Crippen LogP contribution in [-0.4, -0.2) is 9.91 Å². The van der Waals surface area contributed by atoms with Gasteiger partial charge in [0.15, 0.2) is 0 Å². The van der Waals surface area contributed by atoms with E-state index < -0.39 is 22.9 Å². The van der Waals surface area contributed by atoms with E-state index in [2.05, 4.69) is 4.98 Å². The summed E-state index contributed by atoms with van der Waals surface area (Å²) in [4.78, 5) is 12.7. The first-order valence-electron chi connectivity index (χ1n) is 3.63. The predicted molar refractivity (Wildman–Crippen MR) is 45.0 cm³/mol. The Morgan fingerprint density at radius 1 is 1.64 bits per heavy atom. The maximum Gasteiger partial charge on any atom is 0.366 e. The molecule has 0 saturated carbocycles. The van der Waals surface area contributed by atoms with Crippen LogP contribution in [0.3, 0.4) is 0 Å². The fourth-order valence-corrected chi connectivity index (χ4v) is 0.998. The first kappa shape index (κ1) is 10.3. The largest absolute Gasteiger partial charge is 0.395 e. The third kappa shape index (κ3) is 1.76. The Kier molecular flexibility index (Phi) is 2.59.